The molecule has 0 amide bonds. The number of hydrogen-bond donors (Lipinski definition) is 0. The zero-order valence-electron chi connectivity index (χ0n) is 15.1. The first-order valence-corrected chi connectivity index (χ1v) is 8.82. The third kappa shape index (κ3) is 4.57. The maximum absolute atomic E-state index is 5.08. The van der Waals surface area contributed by atoms with E-state index in [1.165, 1.54) is 11.1 Å². The average Bonchev–Trinajstić information content (AvgIpc) is 2.67. The lowest BCUT2D eigenvalue weighted by Gasteiger charge is -2.35. The first-order chi connectivity index (χ1) is 12.3. The summed E-state index contributed by atoms with van der Waals surface area (Å²) in [4.78, 5) is 14.4. The van der Waals surface area contributed by atoms with Crippen LogP contribution in [0.25, 0.3) is 0 Å². The molecule has 5 nitrogen and oxygen atoms in total. The van der Waals surface area contributed by atoms with Crippen molar-refractivity contribution in [3.63, 3.8) is 0 Å². The van der Waals surface area contributed by atoms with E-state index in [1.54, 1.807) is 7.11 Å². The molecule has 0 spiro atoms. The summed E-state index contributed by atoms with van der Waals surface area (Å²) in [6.07, 6.45) is 2.75. The Bertz CT molecular complexity index is 694. The fourth-order valence-electron chi connectivity index (χ4n) is 3.24. The van der Waals surface area contributed by atoms with Gasteiger partial charge in [-0.3, -0.25) is 4.90 Å². The molecule has 1 aromatic heterocycles. The molecule has 1 aromatic carbocycles. The molecular formula is C20H26N4O. The number of hydrogen-bond acceptors (Lipinski definition) is 5. The van der Waals surface area contributed by atoms with Crippen LogP contribution in [0.1, 0.15) is 17.5 Å². The van der Waals surface area contributed by atoms with Gasteiger partial charge in [0.05, 0.1) is 5.71 Å². The topological polar surface area (TPSA) is 41.0 Å². The van der Waals surface area contributed by atoms with E-state index in [0.717, 1.165) is 50.7 Å². The molecule has 0 aliphatic carbocycles. The second kappa shape index (κ2) is 8.62. The molecule has 5 heteroatoms. The lowest BCUT2D eigenvalue weighted by Crippen LogP contribution is -2.47. The van der Waals surface area contributed by atoms with Gasteiger partial charge in [-0.05, 0) is 24.6 Å². The predicted molar refractivity (Wildman–Crippen MR) is 102 cm³/mol. The van der Waals surface area contributed by atoms with Gasteiger partial charge in [0.2, 0.25) is 0 Å². The quantitative estimate of drug-likeness (QED) is 0.600. The summed E-state index contributed by atoms with van der Waals surface area (Å²) in [5.74, 6) is 1.07. The summed E-state index contributed by atoms with van der Waals surface area (Å²) in [6, 6.07) is 14.4. The van der Waals surface area contributed by atoms with Crippen molar-refractivity contribution in [1.82, 2.24) is 9.88 Å². The van der Waals surface area contributed by atoms with Crippen molar-refractivity contribution in [3.8, 4) is 0 Å². The Balaban J connectivity index is 1.55. The highest BCUT2D eigenvalue weighted by Crippen LogP contribution is 2.15. The van der Waals surface area contributed by atoms with Gasteiger partial charge in [0.15, 0.2) is 0 Å². The smallest absolute Gasteiger partial charge is 0.128 e. The molecule has 1 aliphatic rings. The van der Waals surface area contributed by atoms with E-state index in [0.29, 0.717) is 0 Å². The van der Waals surface area contributed by atoms with Gasteiger partial charge in [-0.2, -0.15) is 0 Å². The maximum Gasteiger partial charge on any atom is 0.128 e. The van der Waals surface area contributed by atoms with E-state index in [-0.39, 0.29) is 0 Å². The number of rotatable bonds is 6. The average molecular weight is 338 g/mol. The Kier molecular flexibility index (Phi) is 6.01. The van der Waals surface area contributed by atoms with Crippen LogP contribution in [0.5, 0.6) is 0 Å². The highest BCUT2D eigenvalue weighted by molar-refractivity contribution is 6.01. The summed E-state index contributed by atoms with van der Waals surface area (Å²) in [5, 5.41) is 4.27. The zero-order chi connectivity index (χ0) is 17.5. The molecule has 0 N–H and O–H groups in total. The van der Waals surface area contributed by atoms with Crippen molar-refractivity contribution in [2.75, 3.05) is 44.7 Å². The molecule has 0 bridgehead atoms. The molecular weight excluding hydrogens is 312 g/mol. The second-order valence-corrected chi connectivity index (χ2v) is 6.30. The van der Waals surface area contributed by atoms with Crippen LogP contribution in [0.4, 0.5) is 5.82 Å². The zero-order valence-corrected chi connectivity index (χ0v) is 15.1. The molecule has 1 saturated heterocycles. The Morgan fingerprint density at radius 3 is 2.52 bits per heavy atom. The Morgan fingerprint density at radius 2 is 1.84 bits per heavy atom. The van der Waals surface area contributed by atoms with E-state index >= 15 is 0 Å². The number of oxime groups is 1. The SMILES string of the molecule is CO/N=C(/CCN1CCN(c2ccccn2)CC1)c1ccccc1C. The third-order valence-corrected chi connectivity index (χ3v) is 4.67. The van der Waals surface area contributed by atoms with Gasteiger partial charge in [-0.1, -0.05) is 35.5 Å². The first kappa shape index (κ1) is 17.4. The van der Waals surface area contributed by atoms with E-state index in [9.17, 15) is 0 Å². The van der Waals surface area contributed by atoms with Crippen LogP contribution in [0.3, 0.4) is 0 Å². The van der Waals surface area contributed by atoms with Crippen molar-refractivity contribution >= 4 is 11.5 Å². The lowest BCUT2D eigenvalue weighted by molar-refractivity contribution is 0.211. The Labute approximate surface area is 149 Å². The largest absolute Gasteiger partial charge is 0.399 e. The molecule has 0 atom stereocenters. The molecule has 0 unspecified atom stereocenters. The number of nitrogens with zero attached hydrogens (tertiary/aromatic N) is 4. The first-order valence-electron chi connectivity index (χ1n) is 8.82. The minimum atomic E-state index is 0.891. The second-order valence-electron chi connectivity index (χ2n) is 6.30. The number of anilines is 1. The maximum atomic E-state index is 5.08. The van der Waals surface area contributed by atoms with Gasteiger partial charge in [-0.25, -0.2) is 4.98 Å². The number of benzene rings is 1. The van der Waals surface area contributed by atoms with E-state index in [2.05, 4.69) is 57.2 Å². The minimum absolute atomic E-state index is 0.891. The Hall–Kier alpha value is -2.40. The number of aryl methyl sites for hydroxylation is 1. The molecule has 2 aromatic rings. The van der Waals surface area contributed by atoms with Crippen molar-refractivity contribution in [2.24, 2.45) is 5.16 Å². The summed E-state index contributed by atoms with van der Waals surface area (Å²) in [6.45, 7) is 7.23. The van der Waals surface area contributed by atoms with E-state index in [4.69, 9.17) is 4.84 Å². The monoisotopic (exact) mass is 338 g/mol. The summed E-state index contributed by atoms with van der Waals surface area (Å²) in [5.41, 5.74) is 3.43. The number of pyridine rings is 1. The van der Waals surface area contributed by atoms with Gasteiger partial charge in [0, 0.05) is 50.9 Å². The number of aromatic nitrogens is 1. The van der Waals surface area contributed by atoms with Crippen LogP contribution in [-0.4, -0.2) is 55.4 Å². The fraction of sp³-hybridized carbons (Fsp3) is 0.400. The summed E-state index contributed by atoms with van der Waals surface area (Å²) < 4.78 is 0. The molecule has 1 fully saturated rings. The molecule has 1 aliphatic heterocycles. The summed E-state index contributed by atoms with van der Waals surface area (Å²) in [7, 11) is 1.61. The third-order valence-electron chi connectivity index (χ3n) is 4.67. The van der Waals surface area contributed by atoms with Crippen LogP contribution in [0.2, 0.25) is 0 Å². The normalized spacial score (nSPS) is 16.1. The van der Waals surface area contributed by atoms with Crippen LogP contribution in [0.15, 0.2) is 53.8 Å². The van der Waals surface area contributed by atoms with Gasteiger partial charge in [0.25, 0.3) is 0 Å². The van der Waals surface area contributed by atoms with E-state index < -0.39 is 0 Å². The predicted octanol–water partition coefficient (Wildman–Crippen LogP) is 2.95. The lowest BCUT2D eigenvalue weighted by atomic mass is 10.0. The van der Waals surface area contributed by atoms with Gasteiger partial charge < -0.3 is 9.74 Å². The van der Waals surface area contributed by atoms with Crippen LogP contribution < -0.4 is 4.90 Å². The fourth-order valence-corrected chi connectivity index (χ4v) is 3.24. The van der Waals surface area contributed by atoms with Gasteiger partial charge in [0.1, 0.15) is 12.9 Å². The molecule has 2 heterocycles. The van der Waals surface area contributed by atoms with Crippen molar-refractivity contribution < 1.29 is 4.84 Å². The molecule has 0 saturated carbocycles. The molecule has 132 valence electrons. The molecule has 0 radical (unpaired) electrons. The minimum Gasteiger partial charge on any atom is -0.399 e. The van der Waals surface area contributed by atoms with Crippen molar-refractivity contribution in [3.05, 3.63) is 59.8 Å². The highest BCUT2D eigenvalue weighted by Gasteiger charge is 2.18. The highest BCUT2D eigenvalue weighted by atomic mass is 16.6. The van der Waals surface area contributed by atoms with Crippen molar-refractivity contribution in [1.29, 1.82) is 0 Å². The number of piperazine rings is 1. The van der Waals surface area contributed by atoms with Gasteiger partial charge in [-0.15, -0.1) is 0 Å². The summed E-state index contributed by atoms with van der Waals surface area (Å²) >= 11 is 0. The molecule has 25 heavy (non-hydrogen) atoms. The standard InChI is InChI=1S/C20H26N4O/c1-17-7-3-4-8-18(17)19(22-25-2)10-12-23-13-15-24(16-14-23)20-9-5-6-11-21-20/h3-9,11H,10,12-16H2,1-2H3/b22-19-. The van der Waals surface area contributed by atoms with Gasteiger partial charge >= 0.3 is 0 Å². The Morgan fingerprint density at radius 1 is 1.08 bits per heavy atom. The van der Waals surface area contributed by atoms with Crippen LogP contribution >= 0.6 is 0 Å². The van der Waals surface area contributed by atoms with E-state index in [1.807, 2.05) is 18.3 Å². The van der Waals surface area contributed by atoms with Crippen LogP contribution in [-0.2, 0) is 4.84 Å². The van der Waals surface area contributed by atoms with Crippen molar-refractivity contribution in [2.45, 2.75) is 13.3 Å². The van der Waals surface area contributed by atoms with Crippen LogP contribution in [0, 0.1) is 6.92 Å². The molecule has 3 rings (SSSR count).